The van der Waals surface area contributed by atoms with E-state index in [0.29, 0.717) is 0 Å². The maximum absolute atomic E-state index is 3.68. The van der Waals surface area contributed by atoms with Crippen molar-refractivity contribution in [3.8, 4) is 0 Å². The molecule has 2 rings (SSSR count). The van der Waals surface area contributed by atoms with E-state index in [2.05, 4.69) is 64.7 Å². The quantitative estimate of drug-likeness (QED) is 0.678. The Hall–Kier alpha value is 0.490. The molecule has 0 saturated heterocycles. The standard InChI is InChI=1S/C8H6Br2S2/c9-12(10)6-2-4-8(12)7-3-1-5-11-7/h1-6H. The van der Waals surface area contributed by atoms with Gasteiger partial charge in [0, 0.05) is 9.78 Å². The van der Waals surface area contributed by atoms with Crippen LogP contribution in [0.3, 0.4) is 0 Å². The third kappa shape index (κ3) is 1.58. The summed E-state index contributed by atoms with van der Waals surface area (Å²) in [5.74, 6) is 0. The average molecular weight is 326 g/mol. The molecule has 0 aromatic carbocycles. The van der Waals surface area contributed by atoms with Gasteiger partial charge in [0.25, 0.3) is 0 Å². The van der Waals surface area contributed by atoms with Crippen LogP contribution in [0.1, 0.15) is 4.88 Å². The van der Waals surface area contributed by atoms with E-state index < -0.39 is 6.89 Å². The number of halogens is 2. The molecule has 0 nitrogen and oxygen atoms in total. The predicted octanol–water partition coefficient (Wildman–Crippen LogP) is 5.04. The monoisotopic (exact) mass is 324 g/mol. The van der Waals surface area contributed by atoms with Crippen molar-refractivity contribution < 1.29 is 0 Å². The third-order valence-corrected chi connectivity index (χ3v) is 7.42. The first-order valence-electron chi connectivity index (χ1n) is 3.35. The minimum absolute atomic E-state index is 0.994. The van der Waals surface area contributed by atoms with Gasteiger partial charge in [0.2, 0.25) is 0 Å². The van der Waals surface area contributed by atoms with Gasteiger partial charge in [0.1, 0.15) is 0 Å². The summed E-state index contributed by atoms with van der Waals surface area (Å²) in [6.07, 6.45) is 4.25. The van der Waals surface area contributed by atoms with E-state index in [0.717, 1.165) is 0 Å². The van der Waals surface area contributed by atoms with Crippen molar-refractivity contribution in [1.29, 1.82) is 0 Å². The molecule has 0 atom stereocenters. The van der Waals surface area contributed by atoms with E-state index in [1.54, 1.807) is 11.3 Å². The predicted molar refractivity (Wildman–Crippen MR) is 66.9 cm³/mol. The molecule has 1 aliphatic heterocycles. The molecule has 0 amide bonds. The normalized spacial score (nSPS) is 22.3. The van der Waals surface area contributed by atoms with Crippen LogP contribution in [0, 0.1) is 0 Å². The summed E-state index contributed by atoms with van der Waals surface area (Å²) in [6, 6.07) is 4.22. The largest absolute Gasteiger partial charge is 0.143 e. The summed E-state index contributed by atoms with van der Waals surface area (Å²) in [5, 5.41) is 4.27. The van der Waals surface area contributed by atoms with Gasteiger partial charge in [-0.3, -0.25) is 0 Å². The van der Waals surface area contributed by atoms with Gasteiger partial charge >= 0.3 is 0 Å². The van der Waals surface area contributed by atoms with Gasteiger partial charge in [-0.1, -0.05) is 19.0 Å². The molecule has 0 saturated carbocycles. The molecule has 4 heteroatoms. The fourth-order valence-electron chi connectivity index (χ4n) is 1.02. The summed E-state index contributed by atoms with van der Waals surface area (Å²) < 4.78 is 0. The van der Waals surface area contributed by atoms with Crippen LogP contribution in [0.2, 0.25) is 0 Å². The van der Waals surface area contributed by atoms with Gasteiger partial charge in [-0.2, -0.15) is 0 Å². The van der Waals surface area contributed by atoms with Crippen LogP contribution in [0.5, 0.6) is 0 Å². The molecule has 1 aromatic rings. The van der Waals surface area contributed by atoms with Crippen LogP contribution in [0.25, 0.3) is 4.91 Å². The Morgan fingerprint density at radius 3 is 2.67 bits per heavy atom. The zero-order valence-corrected chi connectivity index (χ0v) is 10.8. The van der Waals surface area contributed by atoms with Crippen molar-refractivity contribution >= 4 is 52.8 Å². The second-order valence-electron chi connectivity index (χ2n) is 2.35. The lowest BCUT2D eigenvalue weighted by Crippen LogP contribution is -1.75. The number of hydrogen-bond acceptors (Lipinski definition) is 1. The van der Waals surface area contributed by atoms with Gasteiger partial charge in [0.15, 0.2) is 0 Å². The Morgan fingerprint density at radius 1 is 1.33 bits per heavy atom. The Labute approximate surface area is 92.1 Å². The first kappa shape index (κ1) is 9.06. The highest BCUT2D eigenvalue weighted by Crippen LogP contribution is 2.75. The molecular formula is C8H6Br2S2. The molecule has 0 N–H and O–H groups in total. The number of rotatable bonds is 1. The summed E-state index contributed by atoms with van der Waals surface area (Å²) in [6.45, 7) is -0.994. The van der Waals surface area contributed by atoms with Gasteiger partial charge in [-0.05, 0) is 52.6 Å². The molecule has 1 aliphatic rings. The van der Waals surface area contributed by atoms with Crippen molar-refractivity contribution in [1.82, 2.24) is 0 Å². The maximum Gasteiger partial charge on any atom is 0.0409 e. The molecule has 0 unspecified atom stereocenters. The molecule has 1 aromatic heterocycles. The van der Waals surface area contributed by atoms with Gasteiger partial charge in [-0.15, -0.1) is 11.3 Å². The zero-order valence-electron chi connectivity index (χ0n) is 6.04. The molecule has 2 heterocycles. The molecule has 0 bridgehead atoms. The van der Waals surface area contributed by atoms with Crippen LogP contribution in [-0.4, -0.2) is 0 Å². The number of thiophene rings is 1. The lowest BCUT2D eigenvalue weighted by Gasteiger charge is -2.20. The lowest BCUT2D eigenvalue weighted by atomic mass is 10.4. The third-order valence-electron chi connectivity index (χ3n) is 1.55. The lowest BCUT2D eigenvalue weighted by molar-refractivity contribution is 1.93. The van der Waals surface area contributed by atoms with Gasteiger partial charge in [0.05, 0.1) is 0 Å². The number of allylic oxidation sites excluding steroid dienone is 2. The van der Waals surface area contributed by atoms with Crippen LogP contribution < -0.4 is 0 Å². The summed E-state index contributed by atoms with van der Waals surface area (Å²) >= 11 is 9.14. The highest BCUT2D eigenvalue weighted by atomic mass is 79.9. The number of hydrogen-bond donors (Lipinski definition) is 0. The Bertz CT molecular complexity index is 336. The van der Waals surface area contributed by atoms with Crippen molar-refractivity contribution in [2.75, 3.05) is 0 Å². The van der Waals surface area contributed by atoms with Gasteiger partial charge < -0.3 is 0 Å². The summed E-state index contributed by atoms with van der Waals surface area (Å²) in [4.78, 5) is 2.70. The first-order valence-corrected chi connectivity index (χ1v) is 9.61. The Kier molecular flexibility index (Phi) is 2.51. The Morgan fingerprint density at radius 2 is 2.17 bits per heavy atom. The molecular weight excluding hydrogens is 320 g/mol. The van der Waals surface area contributed by atoms with Crippen LogP contribution in [0.4, 0.5) is 0 Å². The second-order valence-corrected chi connectivity index (χ2v) is 13.8. The smallest absolute Gasteiger partial charge is 0.0409 e. The Balaban J connectivity index is 2.40. The fourth-order valence-corrected chi connectivity index (χ4v) is 6.31. The van der Waals surface area contributed by atoms with Gasteiger partial charge in [-0.25, -0.2) is 0 Å². The minimum atomic E-state index is -0.994. The molecule has 0 radical (unpaired) electrons. The topological polar surface area (TPSA) is 0 Å². The maximum atomic E-state index is 3.68. The van der Waals surface area contributed by atoms with Crippen molar-refractivity contribution in [3.63, 3.8) is 0 Å². The highest BCUT2D eigenvalue weighted by molar-refractivity contribution is 9.93. The van der Waals surface area contributed by atoms with Crippen molar-refractivity contribution in [3.05, 3.63) is 40.0 Å². The molecule has 0 spiro atoms. The van der Waals surface area contributed by atoms with Crippen LogP contribution >= 0.6 is 47.9 Å². The minimum Gasteiger partial charge on any atom is -0.143 e. The van der Waals surface area contributed by atoms with E-state index >= 15 is 0 Å². The van der Waals surface area contributed by atoms with E-state index in [1.807, 2.05) is 0 Å². The highest BCUT2D eigenvalue weighted by Gasteiger charge is 2.23. The second kappa shape index (κ2) is 3.33. The van der Waals surface area contributed by atoms with Crippen LogP contribution in [0.15, 0.2) is 35.1 Å². The molecule has 64 valence electrons. The fraction of sp³-hybridized carbons (Fsp3) is 0. The molecule has 0 aliphatic carbocycles. The first-order chi connectivity index (χ1) is 5.70. The van der Waals surface area contributed by atoms with E-state index in [9.17, 15) is 0 Å². The van der Waals surface area contributed by atoms with E-state index in [1.165, 1.54) is 9.78 Å². The van der Waals surface area contributed by atoms with E-state index in [-0.39, 0.29) is 0 Å². The molecule has 12 heavy (non-hydrogen) atoms. The van der Waals surface area contributed by atoms with E-state index in [4.69, 9.17) is 0 Å². The average Bonchev–Trinajstić information content (AvgIpc) is 2.55. The van der Waals surface area contributed by atoms with Crippen molar-refractivity contribution in [2.24, 2.45) is 0 Å². The SMILES string of the molecule is BrS1(Br)C=CC=C1c1cccs1. The molecule has 0 fully saturated rings. The summed E-state index contributed by atoms with van der Waals surface area (Å²) in [7, 11) is 0. The van der Waals surface area contributed by atoms with Crippen LogP contribution in [-0.2, 0) is 0 Å². The summed E-state index contributed by atoms with van der Waals surface area (Å²) in [5.41, 5.74) is 0. The van der Waals surface area contributed by atoms with Crippen molar-refractivity contribution in [2.45, 2.75) is 0 Å². The zero-order chi connectivity index (χ0) is 8.60.